The normalized spacial score (nSPS) is 26.8. The molecule has 0 amide bonds. The van der Waals surface area contributed by atoms with Crippen molar-refractivity contribution >= 4 is 0 Å². The monoisotopic (exact) mass is 506 g/mol. The highest BCUT2D eigenvalue weighted by atomic mass is 19.2. The average molecular weight is 507 g/mol. The minimum atomic E-state index is -1.48. The van der Waals surface area contributed by atoms with E-state index in [2.05, 4.69) is 6.92 Å². The van der Waals surface area contributed by atoms with Gasteiger partial charge in [-0.2, -0.15) is 0 Å². The van der Waals surface area contributed by atoms with Crippen molar-refractivity contribution in [2.24, 2.45) is 5.92 Å². The Morgan fingerprint density at radius 1 is 0.861 bits per heavy atom. The van der Waals surface area contributed by atoms with Crippen LogP contribution in [0.3, 0.4) is 0 Å². The maximum absolute atomic E-state index is 15.0. The average Bonchev–Trinajstić information content (AvgIpc) is 2.87. The number of ether oxygens (including phenoxy) is 2. The molecule has 4 rings (SSSR count). The molecule has 2 aromatic rings. The maximum atomic E-state index is 15.0. The molecule has 0 spiro atoms. The summed E-state index contributed by atoms with van der Waals surface area (Å²) in [5, 5.41) is 0. The van der Waals surface area contributed by atoms with Crippen LogP contribution in [0.2, 0.25) is 0 Å². The van der Waals surface area contributed by atoms with E-state index in [1.807, 2.05) is 6.92 Å². The van der Waals surface area contributed by atoms with Crippen molar-refractivity contribution in [2.45, 2.75) is 95.9 Å². The van der Waals surface area contributed by atoms with Crippen LogP contribution >= 0.6 is 0 Å². The van der Waals surface area contributed by atoms with Crippen molar-refractivity contribution < 1.29 is 27.0 Å². The number of hydrogen-bond donors (Lipinski definition) is 0. The first kappa shape index (κ1) is 27.1. The van der Waals surface area contributed by atoms with E-state index >= 15 is 4.39 Å². The Bertz CT molecular complexity index is 1010. The molecule has 1 saturated carbocycles. The van der Waals surface area contributed by atoms with E-state index in [1.165, 1.54) is 31.0 Å². The molecule has 0 aromatic heterocycles. The summed E-state index contributed by atoms with van der Waals surface area (Å²) >= 11 is 0. The predicted molar refractivity (Wildman–Crippen MR) is 134 cm³/mol. The molecule has 2 nitrogen and oxygen atoms in total. The Balaban J connectivity index is 1.39. The molecular formula is C30H38F4O2. The van der Waals surface area contributed by atoms with Gasteiger partial charge in [-0.25, -0.2) is 17.6 Å². The van der Waals surface area contributed by atoms with Crippen LogP contribution in [-0.4, -0.2) is 25.2 Å². The van der Waals surface area contributed by atoms with Crippen molar-refractivity contribution in [3.63, 3.8) is 0 Å². The highest BCUT2D eigenvalue weighted by Crippen LogP contribution is 2.39. The van der Waals surface area contributed by atoms with E-state index < -0.39 is 23.6 Å². The van der Waals surface area contributed by atoms with Gasteiger partial charge in [0.15, 0.2) is 23.6 Å². The van der Waals surface area contributed by atoms with Gasteiger partial charge in [0.05, 0.1) is 13.2 Å². The van der Waals surface area contributed by atoms with Gasteiger partial charge < -0.3 is 9.47 Å². The van der Waals surface area contributed by atoms with Gasteiger partial charge in [-0.15, -0.1) is 0 Å². The first-order chi connectivity index (χ1) is 17.3. The van der Waals surface area contributed by atoms with E-state index in [0.29, 0.717) is 30.4 Å². The fourth-order valence-corrected chi connectivity index (χ4v) is 5.81. The Kier molecular flexibility index (Phi) is 9.10. The molecule has 0 atom stereocenters. The molecule has 1 saturated heterocycles. The summed E-state index contributed by atoms with van der Waals surface area (Å²) in [6.07, 6.45) is 7.47. The zero-order valence-electron chi connectivity index (χ0n) is 21.4. The SMILES string of the molecule is CCCC1CCC(c2ccc(-c3ccc(CCC4OCC(F)(CCC)CO4)c(F)c3F)cc2F)CC1. The Labute approximate surface area is 212 Å². The van der Waals surface area contributed by atoms with E-state index in [0.717, 1.165) is 31.6 Å². The van der Waals surface area contributed by atoms with E-state index in [-0.39, 0.29) is 42.5 Å². The fourth-order valence-electron chi connectivity index (χ4n) is 5.81. The van der Waals surface area contributed by atoms with Crippen LogP contribution in [0, 0.1) is 23.4 Å². The largest absolute Gasteiger partial charge is 0.349 e. The summed E-state index contributed by atoms with van der Waals surface area (Å²) in [6, 6.07) is 7.77. The zero-order chi connectivity index (χ0) is 25.7. The van der Waals surface area contributed by atoms with Crippen LogP contribution < -0.4 is 0 Å². The van der Waals surface area contributed by atoms with Crippen LogP contribution in [0.15, 0.2) is 30.3 Å². The third kappa shape index (κ3) is 6.31. The summed E-state index contributed by atoms with van der Waals surface area (Å²) in [6.45, 7) is 3.99. The second-order valence-electron chi connectivity index (χ2n) is 10.6. The van der Waals surface area contributed by atoms with Crippen molar-refractivity contribution in [2.75, 3.05) is 13.2 Å². The van der Waals surface area contributed by atoms with Gasteiger partial charge in [0.1, 0.15) is 5.82 Å². The topological polar surface area (TPSA) is 18.5 Å². The van der Waals surface area contributed by atoms with Gasteiger partial charge in [-0.3, -0.25) is 0 Å². The van der Waals surface area contributed by atoms with Gasteiger partial charge in [-0.05, 0) is 73.1 Å². The molecular weight excluding hydrogens is 468 g/mol. The number of aryl methyl sites for hydroxylation is 1. The standard InChI is InChI=1S/C30H38F4O2/c1-3-5-20-6-8-21(9-7-20)24-13-11-23(17-26(24)31)25-14-10-22(28(32)29(25)33)12-15-27-35-18-30(34,16-4-2)19-36-27/h10-11,13-14,17,20-21,27H,3-9,12,15-16,18-19H2,1-2H3. The van der Waals surface area contributed by atoms with Crippen molar-refractivity contribution in [1.29, 1.82) is 0 Å². The predicted octanol–water partition coefficient (Wildman–Crippen LogP) is 8.66. The van der Waals surface area contributed by atoms with Gasteiger partial charge in [0.25, 0.3) is 0 Å². The Morgan fingerprint density at radius 3 is 2.22 bits per heavy atom. The number of alkyl halides is 1. The fraction of sp³-hybridized carbons (Fsp3) is 0.600. The molecule has 0 unspecified atom stereocenters. The number of halogens is 4. The maximum Gasteiger partial charge on any atom is 0.166 e. The smallest absolute Gasteiger partial charge is 0.166 e. The third-order valence-electron chi connectivity index (χ3n) is 7.86. The molecule has 1 heterocycles. The zero-order valence-corrected chi connectivity index (χ0v) is 21.4. The van der Waals surface area contributed by atoms with Crippen LogP contribution in [0.25, 0.3) is 11.1 Å². The molecule has 2 aromatic carbocycles. The number of benzene rings is 2. The molecule has 0 radical (unpaired) electrons. The summed E-state index contributed by atoms with van der Waals surface area (Å²) in [5.41, 5.74) is -0.248. The first-order valence-corrected chi connectivity index (χ1v) is 13.5. The van der Waals surface area contributed by atoms with E-state index in [4.69, 9.17) is 9.47 Å². The van der Waals surface area contributed by atoms with Gasteiger partial charge in [0, 0.05) is 12.0 Å². The minimum absolute atomic E-state index is 0.0419. The molecule has 1 aliphatic carbocycles. The first-order valence-electron chi connectivity index (χ1n) is 13.5. The molecule has 198 valence electrons. The van der Waals surface area contributed by atoms with Gasteiger partial charge in [0.2, 0.25) is 0 Å². The molecule has 6 heteroatoms. The van der Waals surface area contributed by atoms with Gasteiger partial charge in [-0.1, -0.05) is 57.4 Å². The molecule has 1 aliphatic heterocycles. The molecule has 0 bridgehead atoms. The summed E-state index contributed by atoms with van der Waals surface area (Å²) in [5.74, 6) is -1.37. The van der Waals surface area contributed by atoms with Crippen LogP contribution in [0.5, 0.6) is 0 Å². The second-order valence-corrected chi connectivity index (χ2v) is 10.6. The van der Waals surface area contributed by atoms with Crippen LogP contribution in [0.1, 0.15) is 88.7 Å². The lowest BCUT2D eigenvalue weighted by molar-refractivity contribution is -0.236. The Hall–Kier alpha value is -1.92. The van der Waals surface area contributed by atoms with Crippen LogP contribution in [0.4, 0.5) is 17.6 Å². The van der Waals surface area contributed by atoms with Crippen molar-refractivity contribution in [3.8, 4) is 11.1 Å². The van der Waals surface area contributed by atoms with E-state index in [1.54, 1.807) is 12.1 Å². The minimum Gasteiger partial charge on any atom is -0.349 e. The lowest BCUT2D eigenvalue weighted by Gasteiger charge is -2.34. The van der Waals surface area contributed by atoms with Crippen LogP contribution in [-0.2, 0) is 15.9 Å². The second kappa shape index (κ2) is 12.1. The van der Waals surface area contributed by atoms with E-state index in [9.17, 15) is 13.2 Å². The number of hydrogen-bond acceptors (Lipinski definition) is 2. The van der Waals surface area contributed by atoms with Gasteiger partial charge >= 0.3 is 0 Å². The molecule has 2 fully saturated rings. The number of rotatable bonds is 9. The Morgan fingerprint density at radius 2 is 1.58 bits per heavy atom. The quantitative estimate of drug-likeness (QED) is 0.317. The molecule has 0 N–H and O–H groups in total. The lowest BCUT2D eigenvalue weighted by Crippen LogP contribution is -2.44. The lowest BCUT2D eigenvalue weighted by atomic mass is 9.77. The summed E-state index contributed by atoms with van der Waals surface area (Å²) < 4.78 is 70.3. The van der Waals surface area contributed by atoms with Crippen molar-refractivity contribution in [3.05, 3.63) is 58.9 Å². The third-order valence-corrected chi connectivity index (χ3v) is 7.86. The summed E-state index contributed by atoms with van der Waals surface area (Å²) in [4.78, 5) is 0. The highest BCUT2D eigenvalue weighted by molar-refractivity contribution is 5.65. The summed E-state index contributed by atoms with van der Waals surface area (Å²) in [7, 11) is 0. The molecule has 36 heavy (non-hydrogen) atoms. The highest BCUT2D eigenvalue weighted by Gasteiger charge is 2.36. The molecule has 2 aliphatic rings. The van der Waals surface area contributed by atoms with Crippen molar-refractivity contribution in [1.82, 2.24) is 0 Å².